The molecule has 3 heteroatoms. The zero-order chi connectivity index (χ0) is 14.0. The Kier molecular flexibility index (Phi) is 3.81. The standard InChI is InChI=1S/C17H18BrNO/c18-15-7-5-13(6-8-15)9-17(11-19)10-14-3-1-2-4-16(14)20-12-17/h1-8H,9-12,19H2. The Balaban J connectivity index is 1.84. The first kappa shape index (κ1) is 13.7. The van der Waals surface area contributed by atoms with Crippen LogP contribution in [0.15, 0.2) is 53.0 Å². The van der Waals surface area contributed by atoms with Crippen molar-refractivity contribution in [1.29, 1.82) is 0 Å². The number of nitrogens with two attached hydrogens (primary N) is 1. The molecule has 1 aliphatic rings. The molecule has 1 atom stereocenters. The zero-order valence-electron chi connectivity index (χ0n) is 11.3. The number of hydrogen-bond donors (Lipinski definition) is 1. The summed E-state index contributed by atoms with van der Waals surface area (Å²) in [7, 11) is 0. The van der Waals surface area contributed by atoms with Gasteiger partial charge in [0, 0.05) is 16.4 Å². The highest BCUT2D eigenvalue weighted by molar-refractivity contribution is 9.10. The van der Waals surface area contributed by atoms with E-state index in [0.717, 1.165) is 23.1 Å². The van der Waals surface area contributed by atoms with Gasteiger partial charge in [-0.15, -0.1) is 0 Å². The van der Waals surface area contributed by atoms with E-state index in [9.17, 15) is 0 Å². The summed E-state index contributed by atoms with van der Waals surface area (Å²) in [6.07, 6.45) is 1.93. The van der Waals surface area contributed by atoms with Gasteiger partial charge in [-0.05, 0) is 42.2 Å². The van der Waals surface area contributed by atoms with Gasteiger partial charge in [-0.3, -0.25) is 0 Å². The molecule has 0 spiro atoms. The van der Waals surface area contributed by atoms with Crippen LogP contribution in [0.25, 0.3) is 0 Å². The Labute approximate surface area is 128 Å². The van der Waals surface area contributed by atoms with E-state index in [1.807, 2.05) is 12.1 Å². The third-order valence-corrected chi connectivity index (χ3v) is 4.53. The first-order chi connectivity index (χ1) is 9.71. The number of benzene rings is 2. The second-order valence-electron chi connectivity index (χ2n) is 5.58. The van der Waals surface area contributed by atoms with Crippen molar-refractivity contribution in [3.8, 4) is 5.75 Å². The van der Waals surface area contributed by atoms with Crippen LogP contribution in [0, 0.1) is 5.41 Å². The maximum atomic E-state index is 6.08. The molecule has 0 fully saturated rings. The molecule has 0 aliphatic carbocycles. The van der Waals surface area contributed by atoms with Crippen LogP contribution < -0.4 is 10.5 Å². The molecule has 104 valence electrons. The molecule has 0 aromatic heterocycles. The van der Waals surface area contributed by atoms with Gasteiger partial charge in [0.1, 0.15) is 5.75 Å². The molecule has 1 aliphatic heterocycles. The minimum absolute atomic E-state index is 0.00217. The van der Waals surface area contributed by atoms with E-state index in [2.05, 4.69) is 52.3 Å². The van der Waals surface area contributed by atoms with Crippen molar-refractivity contribution in [2.75, 3.05) is 13.2 Å². The molecule has 0 saturated carbocycles. The lowest BCUT2D eigenvalue weighted by Gasteiger charge is -2.37. The van der Waals surface area contributed by atoms with Crippen molar-refractivity contribution < 1.29 is 4.74 Å². The van der Waals surface area contributed by atoms with E-state index in [1.54, 1.807) is 0 Å². The summed E-state index contributed by atoms with van der Waals surface area (Å²) in [4.78, 5) is 0. The lowest BCUT2D eigenvalue weighted by molar-refractivity contribution is 0.126. The number of hydrogen-bond acceptors (Lipinski definition) is 2. The van der Waals surface area contributed by atoms with Gasteiger partial charge in [0.15, 0.2) is 0 Å². The van der Waals surface area contributed by atoms with E-state index >= 15 is 0 Å². The summed E-state index contributed by atoms with van der Waals surface area (Å²) in [6.45, 7) is 1.33. The SMILES string of the molecule is NCC1(Cc2ccc(Br)cc2)COc2ccccc2C1. The second-order valence-corrected chi connectivity index (χ2v) is 6.50. The van der Waals surface area contributed by atoms with Crippen molar-refractivity contribution in [3.05, 3.63) is 64.1 Å². The summed E-state index contributed by atoms with van der Waals surface area (Å²) in [6, 6.07) is 16.7. The van der Waals surface area contributed by atoms with Gasteiger partial charge in [0.05, 0.1) is 6.61 Å². The predicted molar refractivity (Wildman–Crippen MR) is 85.0 cm³/mol. The molecule has 1 heterocycles. The van der Waals surface area contributed by atoms with E-state index in [1.165, 1.54) is 11.1 Å². The van der Waals surface area contributed by atoms with Crippen molar-refractivity contribution in [2.45, 2.75) is 12.8 Å². The van der Waals surface area contributed by atoms with E-state index in [0.29, 0.717) is 13.2 Å². The highest BCUT2D eigenvalue weighted by Crippen LogP contribution is 2.36. The van der Waals surface area contributed by atoms with Crippen molar-refractivity contribution in [2.24, 2.45) is 11.1 Å². The Morgan fingerprint density at radius 1 is 1.10 bits per heavy atom. The molecule has 3 rings (SSSR count). The Hall–Kier alpha value is -1.32. The van der Waals surface area contributed by atoms with Crippen molar-refractivity contribution >= 4 is 15.9 Å². The Bertz CT molecular complexity index is 596. The maximum absolute atomic E-state index is 6.08. The van der Waals surface area contributed by atoms with Gasteiger partial charge in [-0.25, -0.2) is 0 Å². The lowest BCUT2D eigenvalue weighted by Crippen LogP contribution is -2.43. The number of para-hydroxylation sites is 1. The summed E-state index contributed by atoms with van der Waals surface area (Å²) in [5.74, 6) is 1.01. The van der Waals surface area contributed by atoms with Gasteiger partial charge in [0.2, 0.25) is 0 Å². The minimum atomic E-state index is 0.00217. The van der Waals surface area contributed by atoms with Crippen LogP contribution in [0.4, 0.5) is 0 Å². The topological polar surface area (TPSA) is 35.2 Å². The van der Waals surface area contributed by atoms with E-state index in [-0.39, 0.29) is 5.41 Å². The Morgan fingerprint density at radius 3 is 2.60 bits per heavy atom. The molecule has 1 unspecified atom stereocenters. The molecule has 0 bridgehead atoms. The van der Waals surface area contributed by atoms with Gasteiger partial charge in [-0.1, -0.05) is 46.3 Å². The molecule has 2 aromatic carbocycles. The number of fused-ring (bicyclic) bond motifs is 1. The van der Waals surface area contributed by atoms with Crippen LogP contribution in [0.5, 0.6) is 5.75 Å². The van der Waals surface area contributed by atoms with Crippen molar-refractivity contribution in [3.63, 3.8) is 0 Å². The fourth-order valence-corrected chi connectivity index (χ4v) is 3.09. The predicted octanol–water partition coefficient (Wildman–Crippen LogP) is 3.57. The molecule has 2 nitrogen and oxygen atoms in total. The quantitative estimate of drug-likeness (QED) is 0.933. The molecule has 0 amide bonds. The molecule has 20 heavy (non-hydrogen) atoms. The second kappa shape index (κ2) is 5.58. The number of rotatable bonds is 3. The fraction of sp³-hybridized carbons (Fsp3) is 0.294. The Morgan fingerprint density at radius 2 is 1.85 bits per heavy atom. The highest BCUT2D eigenvalue weighted by Gasteiger charge is 2.34. The molecule has 0 saturated heterocycles. The number of halogens is 1. The van der Waals surface area contributed by atoms with Crippen LogP contribution in [0.1, 0.15) is 11.1 Å². The van der Waals surface area contributed by atoms with Crippen LogP contribution >= 0.6 is 15.9 Å². The summed E-state index contributed by atoms with van der Waals surface area (Å²) in [5.41, 5.74) is 8.66. The fourth-order valence-electron chi connectivity index (χ4n) is 2.83. The van der Waals surface area contributed by atoms with Crippen LogP contribution in [0.2, 0.25) is 0 Å². The van der Waals surface area contributed by atoms with E-state index < -0.39 is 0 Å². The average Bonchev–Trinajstić information content (AvgIpc) is 2.49. The highest BCUT2D eigenvalue weighted by atomic mass is 79.9. The van der Waals surface area contributed by atoms with Gasteiger partial charge in [-0.2, -0.15) is 0 Å². The zero-order valence-corrected chi connectivity index (χ0v) is 12.9. The molecule has 2 N–H and O–H groups in total. The third-order valence-electron chi connectivity index (χ3n) is 4.00. The average molecular weight is 332 g/mol. The third kappa shape index (κ3) is 2.74. The largest absolute Gasteiger partial charge is 0.493 e. The molecule has 0 radical (unpaired) electrons. The van der Waals surface area contributed by atoms with Crippen LogP contribution in [-0.4, -0.2) is 13.2 Å². The van der Waals surface area contributed by atoms with Gasteiger partial charge >= 0.3 is 0 Å². The normalized spacial score (nSPS) is 21.1. The summed E-state index contributed by atoms with van der Waals surface area (Å²) >= 11 is 3.47. The monoisotopic (exact) mass is 331 g/mol. The minimum Gasteiger partial charge on any atom is -0.493 e. The lowest BCUT2D eigenvalue weighted by atomic mass is 9.76. The van der Waals surface area contributed by atoms with Gasteiger partial charge < -0.3 is 10.5 Å². The van der Waals surface area contributed by atoms with Crippen molar-refractivity contribution in [1.82, 2.24) is 0 Å². The molecular weight excluding hydrogens is 314 g/mol. The smallest absolute Gasteiger partial charge is 0.122 e. The van der Waals surface area contributed by atoms with Crippen LogP contribution in [-0.2, 0) is 12.8 Å². The summed E-state index contributed by atoms with van der Waals surface area (Å²) < 4.78 is 7.04. The van der Waals surface area contributed by atoms with Gasteiger partial charge in [0.25, 0.3) is 0 Å². The molecule has 2 aromatic rings. The molecular formula is C17H18BrNO. The first-order valence-electron chi connectivity index (χ1n) is 6.86. The van der Waals surface area contributed by atoms with Crippen LogP contribution in [0.3, 0.4) is 0 Å². The van der Waals surface area contributed by atoms with E-state index in [4.69, 9.17) is 10.5 Å². The number of ether oxygens (including phenoxy) is 1. The maximum Gasteiger partial charge on any atom is 0.122 e. The summed E-state index contributed by atoms with van der Waals surface area (Å²) in [5, 5.41) is 0. The first-order valence-corrected chi connectivity index (χ1v) is 7.65.